The molecule has 0 saturated carbocycles. The van der Waals surface area contributed by atoms with E-state index >= 15 is 0 Å². The molecule has 0 spiro atoms. The molecule has 0 saturated heterocycles. The average molecular weight is 148 g/mol. The molecule has 0 amide bonds. The molecule has 5 heteroatoms. The standard InChI is InChI=1S/C5H16N4O/c1-3-5(6,4-2)10-9(7)8/h3-4,6-8H2,1-2H3. The van der Waals surface area contributed by atoms with Crippen LogP contribution in [0.3, 0.4) is 0 Å². The van der Waals surface area contributed by atoms with Crippen LogP contribution in [0.2, 0.25) is 0 Å². The third-order valence-corrected chi connectivity index (χ3v) is 1.48. The minimum atomic E-state index is -0.719. The maximum atomic E-state index is 5.67. The Balaban J connectivity index is 3.80. The van der Waals surface area contributed by atoms with E-state index in [4.69, 9.17) is 22.3 Å². The van der Waals surface area contributed by atoms with E-state index in [0.717, 1.165) is 0 Å². The predicted octanol–water partition coefficient (Wildman–Crippen LogP) is -0.558. The highest BCUT2D eigenvalue weighted by Crippen LogP contribution is 2.11. The van der Waals surface area contributed by atoms with Crippen molar-refractivity contribution in [3.8, 4) is 0 Å². The molecule has 0 fully saturated rings. The zero-order valence-electron chi connectivity index (χ0n) is 6.50. The van der Waals surface area contributed by atoms with Crippen molar-refractivity contribution in [2.75, 3.05) is 0 Å². The highest BCUT2D eigenvalue weighted by molar-refractivity contribution is 4.66. The van der Waals surface area contributed by atoms with Crippen LogP contribution < -0.4 is 17.4 Å². The fraction of sp³-hybridized carbons (Fsp3) is 1.00. The summed E-state index contributed by atoms with van der Waals surface area (Å²) in [5.41, 5.74) is 4.95. The van der Waals surface area contributed by atoms with Crippen molar-refractivity contribution < 1.29 is 4.84 Å². The molecular formula is C5H16N4O. The van der Waals surface area contributed by atoms with E-state index in [-0.39, 0.29) is 0 Å². The van der Waals surface area contributed by atoms with E-state index in [1.807, 2.05) is 13.8 Å². The van der Waals surface area contributed by atoms with Crippen molar-refractivity contribution in [2.45, 2.75) is 32.4 Å². The van der Waals surface area contributed by atoms with Crippen LogP contribution in [0.4, 0.5) is 0 Å². The lowest BCUT2D eigenvalue weighted by Crippen LogP contribution is -2.52. The highest BCUT2D eigenvalue weighted by atomic mass is 16.8. The van der Waals surface area contributed by atoms with Gasteiger partial charge in [-0.3, -0.25) is 0 Å². The number of rotatable bonds is 4. The zero-order chi connectivity index (χ0) is 8.20. The first-order valence-electron chi connectivity index (χ1n) is 3.31. The Morgan fingerprint density at radius 2 is 1.70 bits per heavy atom. The summed E-state index contributed by atoms with van der Waals surface area (Å²) in [4.78, 5) is 4.90. The molecule has 0 aromatic heterocycles. The minimum Gasteiger partial charge on any atom is -0.302 e. The van der Waals surface area contributed by atoms with Gasteiger partial charge in [-0.05, 0) is 12.8 Å². The van der Waals surface area contributed by atoms with Crippen LogP contribution in [-0.4, -0.2) is 11.0 Å². The lowest BCUT2D eigenvalue weighted by atomic mass is 10.1. The second kappa shape index (κ2) is 3.85. The normalized spacial score (nSPS) is 12.6. The van der Waals surface area contributed by atoms with Crippen LogP contribution >= 0.6 is 0 Å². The van der Waals surface area contributed by atoms with Gasteiger partial charge >= 0.3 is 0 Å². The monoisotopic (exact) mass is 148 g/mol. The molecular weight excluding hydrogens is 132 g/mol. The number of nitrogens with zero attached hydrogens (tertiary/aromatic N) is 1. The quantitative estimate of drug-likeness (QED) is 0.282. The SMILES string of the molecule is CCC(N)(CC)ON(N)N. The number of hydrazine groups is 2. The molecule has 0 atom stereocenters. The smallest absolute Gasteiger partial charge is 0.140 e. The first kappa shape index (κ1) is 9.80. The van der Waals surface area contributed by atoms with Gasteiger partial charge in [0.15, 0.2) is 0 Å². The van der Waals surface area contributed by atoms with Gasteiger partial charge in [0.25, 0.3) is 0 Å². The van der Waals surface area contributed by atoms with Gasteiger partial charge < -0.3 is 5.73 Å². The fourth-order valence-corrected chi connectivity index (χ4v) is 0.589. The number of hydrogen-bond acceptors (Lipinski definition) is 5. The van der Waals surface area contributed by atoms with Crippen LogP contribution in [0.5, 0.6) is 0 Å². The maximum absolute atomic E-state index is 5.67. The van der Waals surface area contributed by atoms with Crippen LogP contribution in [0.1, 0.15) is 26.7 Å². The molecule has 0 rings (SSSR count). The Hall–Kier alpha value is -0.200. The minimum absolute atomic E-state index is 0.646. The van der Waals surface area contributed by atoms with Crippen molar-refractivity contribution in [3.05, 3.63) is 0 Å². The topological polar surface area (TPSA) is 90.5 Å². The molecule has 0 aromatic rings. The largest absolute Gasteiger partial charge is 0.302 e. The van der Waals surface area contributed by atoms with E-state index in [1.54, 1.807) is 0 Å². The lowest BCUT2D eigenvalue weighted by Gasteiger charge is -2.28. The van der Waals surface area contributed by atoms with Gasteiger partial charge in [0.1, 0.15) is 5.72 Å². The Morgan fingerprint density at radius 1 is 1.30 bits per heavy atom. The summed E-state index contributed by atoms with van der Waals surface area (Å²) in [6.07, 6.45) is 1.35. The summed E-state index contributed by atoms with van der Waals surface area (Å²) in [7, 11) is 0. The van der Waals surface area contributed by atoms with Gasteiger partial charge in [0.2, 0.25) is 0 Å². The van der Waals surface area contributed by atoms with Gasteiger partial charge in [0, 0.05) is 0 Å². The molecule has 0 aliphatic carbocycles. The molecule has 62 valence electrons. The molecule has 0 unspecified atom stereocenters. The Labute approximate surface area is 61.0 Å². The summed E-state index contributed by atoms with van der Waals surface area (Å²) in [5, 5.41) is 0.646. The van der Waals surface area contributed by atoms with Gasteiger partial charge in [-0.15, -0.1) is 0 Å². The van der Waals surface area contributed by atoms with E-state index < -0.39 is 5.72 Å². The van der Waals surface area contributed by atoms with E-state index in [1.165, 1.54) is 0 Å². The summed E-state index contributed by atoms with van der Waals surface area (Å²) >= 11 is 0. The molecule has 5 nitrogen and oxygen atoms in total. The Kier molecular flexibility index (Phi) is 3.77. The summed E-state index contributed by atoms with van der Waals surface area (Å²) in [6.45, 7) is 3.82. The molecule has 0 radical (unpaired) electrons. The van der Waals surface area contributed by atoms with Crippen molar-refractivity contribution in [1.82, 2.24) is 5.28 Å². The Bertz CT molecular complexity index is 91.6. The third-order valence-electron chi connectivity index (χ3n) is 1.48. The van der Waals surface area contributed by atoms with Crippen molar-refractivity contribution >= 4 is 0 Å². The third kappa shape index (κ3) is 3.09. The van der Waals surface area contributed by atoms with Gasteiger partial charge in [-0.1, -0.05) is 19.1 Å². The van der Waals surface area contributed by atoms with E-state index in [0.29, 0.717) is 18.1 Å². The van der Waals surface area contributed by atoms with E-state index in [2.05, 4.69) is 0 Å². The Morgan fingerprint density at radius 3 is 1.80 bits per heavy atom. The zero-order valence-corrected chi connectivity index (χ0v) is 6.50. The van der Waals surface area contributed by atoms with Gasteiger partial charge in [-0.25, -0.2) is 16.5 Å². The molecule has 0 aliphatic rings. The molecule has 0 aromatic carbocycles. The number of nitrogens with two attached hydrogens (primary N) is 3. The highest BCUT2D eigenvalue weighted by Gasteiger charge is 2.22. The second-order valence-corrected chi connectivity index (χ2v) is 2.22. The lowest BCUT2D eigenvalue weighted by molar-refractivity contribution is -0.254. The summed E-state index contributed by atoms with van der Waals surface area (Å²) < 4.78 is 0. The van der Waals surface area contributed by atoms with Crippen molar-refractivity contribution in [2.24, 2.45) is 17.4 Å². The summed E-state index contributed by atoms with van der Waals surface area (Å²) in [5.74, 6) is 10.1. The van der Waals surface area contributed by atoms with E-state index in [9.17, 15) is 0 Å². The van der Waals surface area contributed by atoms with Gasteiger partial charge in [0.05, 0.1) is 0 Å². The molecule has 10 heavy (non-hydrogen) atoms. The first-order chi connectivity index (χ1) is 4.54. The van der Waals surface area contributed by atoms with Crippen LogP contribution in [0, 0.1) is 0 Å². The van der Waals surface area contributed by atoms with Gasteiger partial charge in [-0.2, -0.15) is 0 Å². The van der Waals surface area contributed by atoms with Crippen LogP contribution in [0.25, 0.3) is 0 Å². The maximum Gasteiger partial charge on any atom is 0.140 e. The van der Waals surface area contributed by atoms with Crippen molar-refractivity contribution in [1.29, 1.82) is 0 Å². The predicted molar refractivity (Wildman–Crippen MR) is 38.8 cm³/mol. The van der Waals surface area contributed by atoms with Crippen LogP contribution in [-0.2, 0) is 4.84 Å². The second-order valence-electron chi connectivity index (χ2n) is 2.22. The van der Waals surface area contributed by atoms with Crippen LogP contribution in [0.15, 0.2) is 0 Å². The fourth-order valence-electron chi connectivity index (χ4n) is 0.589. The molecule has 0 aliphatic heterocycles. The average Bonchev–Trinajstić information content (AvgIpc) is 1.87. The first-order valence-corrected chi connectivity index (χ1v) is 3.31. The summed E-state index contributed by atoms with van der Waals surface area (Å²) in [6, 6.07) is 0. The molecule has 0 heterocycles. The molecule has 6 N–H and O–H groups in total. The number of hydrogen-bond donors (Lipinski definition) is 3. The van der Waals surface area contributed by atoms with Crippen molar-refractivity contribution in [3.63, 3.8) is 0 Å². The molecule has 0 bridgehead atoms.